The Morgan fingerprint density at radius 3 is 2.92 bits per heavy atom. The number of aromatic hydroxyl groups is 1. The first-order valence-electron chi connectivity index (χ1n) is 4.51. The number of phenols is 1. The zero-order valence-corrected chi connectivity index (χ0v) is 7.83. The molecule has 1 rings (SSSR count). The van der Waals surface area contributed by atoms with Crippen LogP contribution in [-0.4, -0.2) is 17.7 Å². The first-order valence-corrected chi connectivity index (χ1v) is 4.51. The minimum absolute atomic E-state index is 0.169. The third-order valence-electron chi connectivity index (χ3n) is 1.94. The van der Waals surface area contributed by atoms with Crippen LogP contribution in [0.1, 0.15) is 13.3 Å². The average molecular weight is 180 g/mol. The van der Waals surface area contributed by atoms with Crippen LogP contribution in [0, 0.1) is 0 Å². The number of benzene rings is 1. The average Bonchev–Trinajstić information content (AvgIpc) is 2.14. The lowest BCUT2D eigenvalue weighted by Gasteiger charge is -2.11. The molecule has 0 aromatic heterocycles. The molecule has 0 saturated carbocycles. The van der Waals surface area contributed by atoms with Gasteiger partial charge in [0.2, 0.25) is 0 Å². The van der Waals surface area contributed by atoms with E-state index in [1.807, 2.05) is 6.07 Å². The molecule has 0 fully saturated rings. The van der Waals surface area contributed by atoms with Crippen LogP contribution < -0.4 is 11.1 Å². The van der Waals surface area contributed by atoms with Crippen LogP contribution in [0.15, 0.2) is 24.3 Å². The van der Waals surface area contributed by atoms with E-state index in [0.29, 0.717) is 0 Å². The third-order valence-corrected chi connectivity index (χ3v) is 1.94. The summed E-state index contributed by atoms with van der Waals surface area (Å²) in [6.07, 6.45) is 0.950. The summed E-state index contributed by atoms with van der Waals surface area (Å²) in [6.45, 7) is 2.79. The Hall–Kier alpha value is -1.22. The van der Waals surface area contributed by atoms with E-state index in [9.17, 15) is 0 Å². The van der Waals surface area contributed by atoms with Gasteiger partial charge in [-0.15, -0.1) is 0 Å². The Bertz CT molecular complexity index is 263. The van der Waals surface area contributed by atoms with Gasteiger partial charge in [0, 0.05) is 24.3 Å². The van der Waals surface area contributed by atoms with Crippen LogP contribution in [0.4, 0.5) is 5.69 Å². The molecule has 0 amide bonds. The lowest BCUT2D eigenvalue weighted by molar-refractivity contribution is 0.475. The molecule has 0 spiro atoms. The second-order valence-corrected chi connectivity index (χ2v) is 3.10. The van der Waals surface area contributed by atoms with Gasteiger partial charge < -0.3 is 16.2 Å². The van der Waals surface area contributed by atoms with Crippen molar-refractivity contribution in [3.63, 3.8) is 0 Å². The molecule has 0 bridgehead atoms. The molecule has 0 saturated heterocycles. The fourth-order valence-corrected chi connectivity index (χ4v) is 1.01. The second-order valence-electron chi connectivity index (χ2n) is 3.10. The molecule has 0 aliphatic carbocycles. The number of nitrogens with two attached hydrogens (primary N) is 1. The summed E-state index contributed by atoms with van der Waals surface area (Å²) in [5.74, 6) is 0.273. The Morgan fingerprint density at radius 2 is 2.31 bits per heavy atom. The molecule has 3 heteroatoms. The van der Waals surface area contributed by atoms with Gasteiger partial charge in [-0.3, -0.25) is 0 Å². The summed E-state index contributed by atoms with van der Waals surface area (Å²) in [7, 11) is 0. The lowest BCUT2D eigenvalue weighted by Crippen LogP contribution is -2.27. The predicted molar refractivity (Wildman–Crippen MR) is 54.9 cm³/mol. The van der Waals surface area contributed by atoms with Crippen molar-refractivity contribution in [3.8, 4) is 5.75 Å². The molecule has 0 radical (unpaired) electrons. The predicted octanol–water partition coefficient (Wildman–Crippen LogP) is 1.54. The Kier molecular flexibility index (Phi) is 3.58. The van der Waals surface area contributed by atoms with Crippen LogP contribution in [0.5, 0.6) is 5.75 Å². The van der Waals surface area contributed by atoms with Crippen LogP contribution in [0.2, 0.25) is 0 Å². The molecular formula is C10H16N2O. The van der Waals surface area contributed by atoms with Crippen LogP contribution in [-0.2, 0) is 0 Å². The van der Waals surface area contributed by atoms with Crippen molar-refractivity contribution in [3.05, 3.63) is 24.3 Å². The summed E-state index contributed by atoms with van der Waals surface area (Å²) >= 11 is 0. The quantitative estimate of drug-likeness (QED) is 0.658. The topological polar surface area (TPSA) is 58.3 Å². The molecule has 4 N–H and O–H groups in total. The largest absolute Gasteiger partial charge is 0.508 e. The van der Waals surface area contributed by atoms with E-state index in [-0.39, 0.29) is 11.8 Å². The molecule has 1 unspecified atom stereocenters. The molecule has 72 valence electrons. The standard InChI is InChI=1S/C10H16N2O/c1-2-8(11)7-12-9-4-3-5-10(13)6-9/h3-6,8,12-13H,2,7,11H2,1H3. The molecule has 0 heterocycles. The van der Waals surface area contributed by atoms with Crippen molar-refractivity contribution in [2.45, 2.75) is 19.4 Å². The van der Waals surface area contributed by atoms with Crippen LogP contribution >= 0.6 is 0 Å². The van der Waals surface area contributed by atoms with Gasteiger partial charge in [-0.1, -0.05) is 13.0 Å². The van der Waals surface area contributed by atoms with Gasteiger partial charge in [0.25, 0.3) is 0 Å². The van der Waals surface area contributed by atoms with E-state index < -0.39 is 0 Å². The Labute approximate surface area is 78.6 Å². The van der Waals surface area contributed by atoms with Crippen molar-refractivity contribution in [2.75, 3.05) is 11.9 Å². The molecule has 3 nitrogen and oxygen atoms in total. The molecule has 1 aromatic carbocycles. The maximum atomic E-state index is 9.16. The van der Waals surface area contributed by atoms with Crippen LogP contribution in [0.3, 0.4) is 0 Å². The molecule has 1 atom stereocenters. The highest BCUT2D eigenvalue weighted by atomic mass is 16.3. The van der Waals surface area contributed by atoms with E-state index in [2.05, 4.69) is 12.2 Å². The lowest BCUT2D eigenvalue weighted by atomic mass is 10.2. The minimum atomic E-state index is 0.169. The van der Waals surface area contributed by atoms with Crippen molar-refractivity contribution in [1.29, 1.82) is 0 Å². The SMILES string of the molecule is CCC(N)CNc1cccc(O)c1. The first-order chi connectivity index (χ1) is 6.22. The van der Waals surface area contributed by atoms with Gasteiger partial charge >= 0.3 is 0 Å². The molecular weight excluding hydrogens is 164 g/mol. The van der Waals surface area contributed by atoms with Crippen LogP contribution in [0.25, 0.3) is 0 Å². The minimum Gasteiger partial charge on any atom is -0.508 e. The summed E-state index contributed by atoms with van der Waals surface area (Å²) < 4.78 is 0. The Balaban J connectivity index is 2.45. The Morgan fingerprint density at radius 1 is 1.54 bits per heavy atom. The molecule has 1 aromatic rings. The van der Waals surface area contributed by atoms with E-state index in [1.165, 1.54) is 0 Å². The molecule has 13 heavy (non-hydrogen) atoms. The van der Waals surface area contributed by atoms with Crippen molar-refractivity contribution < 1.29 is 5.11 Å². The fraction of sp³-hybridized carbons (Fsp3) is 0.400. The van der Waals surface area contributed by atoms with E-state index in [4.69, 9.17) is 10.8 Å². The monoisotopic (exact) mass is 180 g/mol. The maximum absolute atomic E-state index is 9.16. The normalized spacial score (nSPS) is 12.5. The van der Waals surface area contributed by atoms with E-state index >= 15 is 0 Å². The summed E-state index contributed by atoms with van der Waals surface area (Å²) in [5.41, 5.74) is 6.64. The molecule has 0 aliphatic heterocycles. The van der Waals surface area contributed by atoms with Gasteiger partial charge in [0.1, 0.15) is 5.75 Å². The van der Waals surface area contributed by atoms with Crippen molar-refractivity contribution >= 4 is 5.69 Å². The maximum Gasteiger partial charge on any atom is 0.117 e. The van der Waals surface area contributed by atoms with Gasteiger partial charge in [0.15, 0.2) is 0 Å². The zero-order chi connectivity index (χ0) is 9.68. The summed E-state index contributed by atoms with van der Waals surface area (Å²) in [6, 6.07) is 7.20. The first kappa shape index (κ1) is 9.86. The molecule has 0 aliphatic rings. The van der Waals surface area contributed by atoms with E-state index in [1.54, 1.807) is 18.2 Å². The number of anilines is 1. The van der Waals surface area contributed by atoms with Gasteiger partial charge in [-0.25, -0.2) is 0 Å². The summed E-state index contributed by atoms with van der Waals surface area (Å²) in [5, 5.41) is 12.3. The number of rotatable bonds is 4. The zero-order valence-electron chi connectivity index (χ0n) is 7.83. The van der Waals surface area contributed by atoms with E-state index in [0.717, 1.165) is 18.7 Å². The van der Waals surface area contributed by atoms with Crippen molar-refractivity contribution in [2.24, 2.45) is 5.73 Å². The summed E-state index contributed by atoms with van der Waals surface area (Å²) in [4.78, 5) is 0. The second kappa shape index (κ2) is 4.72. The van der Waals surface area contributed by atoms with Crippen molar-refractivity contribution in [1.82, 2.24) is 0 Å². The number of phenolic OH excluding ortho intramolecular Hbond substituents is 1. The smallest absolute Gasteiger partial charge is 0.117 e. The number of hydrogen-bond donors (Lipinski definition) is 3. The van der Waals surface area contributed by atoms with Gasteiger partial charge in [-0.2, -0.15) is 0 Å². The number of hydrogen-bond acceptors (Lipinski definition) is 3. The fourth-order valence-electron chi connectivity index (χ4n) is 1.01. The number of nitrogens with one attached hydrogen (secondary N) is 1. The third kappa shape index (κ3) is 3.34. The van der Waals surface area contributed by atoms with Gasteiger partial charge in [0.05, 0.1) is 0 Å². The van der Waals surface area contributed by atoms with Gasteiger partial charge in [-0.05, 0) is 18.6 Å². The highest BCUT2D eigenvalue weighted by molar-refractivity contribution is 5.47. The highest BCUT2D eigenvalue weighted by Gasteiger charge is 1.98. The highest BCUT2D eigenvalue weighted by Crippen LogP contribution is 2.14.